The molecule has 3 nitrogen and oxygen atoms in total. The monoisotopic (exact) mass is 433 g/mol. The third-order valence-electron chi connectivity index (χ3n) is 4.72. The van der Waals surface area contributed by atoms with Gasteiger partial charge in [0.05, 0.1) is 6.10 Å². The number of rotatable bonds is 5. The van der Waals surface area contributed by atoms with E-state index in [1.54, 1.807) is 18.2 Å². The summed E-state index contributed by atoms with van der Waals surface area (Å²) in [5.74, 6) is -0.103. The predicted molar refractivity (Wildman–Crippen MR) is 138 cm³/mol. The molecule has 1 amide bonds. The Kier molecular flexibility index (Phi) is 15.0. The van der Waals surface area contributed by atoms with Crippen LogP contribution >= 0.6 is 0 Å². The lowest BCUT2D eigenvalue weighted by atomic mass is 10.1. The topological polar surface area (TPSA) is 49.3 Å². The quantitative estimate of drug-likeness (QED) is 0.480. The van der Waals surface area contributed by atoms with Crippen LogP contribution in [0.2, 0.25) is 0 Å². The Morgan fingerprint density at radius 3 is 2.50 bits per heavy atom. The van der Waals surface area contributed by atoms with Crippen LogP contribution in [0.15, 0.2) is 108 Å². The van der Waals surface area contributed by atoms with Crippen molar-refractivity contribution in [3.63, 3.8) is 0 Å². The second kappa shape index (κ2) is 17.7. The molecule has 0 aromatic rings. The number of nitrogens with one attached hydrogen (secondary N) is 1. The molecule has 172 valence electrons. The number of allylic oxidation sites excluding steroid dienone is 13. The van der Waals surface area contributed by atoms with Gasteiger partial charge in [0.25, 0.3) is 0 Å². The standard InChI is InChI=1S/C29H39NO2/c1-4-5-6-7-8-9-19-27-20-13-10-16-25(2)17-11-14-21-28(31)24-23-26(3)18-12-15-22-29(32)30-27/h6-18,21-23,27-28,31H,4-5,19-20,24H2,1-3H3,(H,30,32). The van der Waals surface area contributed by atoms with Gasteiger partial charge in [0.15, 0.2) is 0 Å². The molecule has 0 saturated carbocycles. The van der Waals surface area contributed by atoms with E-state index in [0.717, 1.165) is 36.8 Å². The number of unbranched alkanes of at least 4 members (excludes halogenated alkanes) is 1. The highest BCUT2D eigenvalue weighted by Gasteiger charge is 2.07. The lowest BCUT2D eigenvalue weighted by Gasteiger charge is -2.14. The van der Waals surface area contributed by atoms with Crippen molar-refractivity contribution in [3.05, 3.63) is 108 Å². The summed E-state index contributed by atoms with van der Waals surface area (Å²) in [6.07, 6.45) is 34.9. The first kappa shape index (κ1) is 27.1. The van der Waals surface area contributed by atoms with Gasteiger partial charge in [-0.3, -0.25) is 4.79 Å². The van der Waals surface area contributed by atoms with Crippen molar-refractivity contribution in [3.8, 4) is 0 Å². The first-order valence-corrected chi connectivity index (χ1v) is 11.5. The smallest absolute Gasteiger partial charge is 0.244 e. The van der Waals surface area contributed by atoms with Crippen molar-refractivity contribution in [2.45, 2.75) is 65.0 Å². The Bertz CT molecular complexity index is 816. The van der Waals surface area contributed by atoms with E-state index in [4.69, 9.17) is 0 Å². The molecule has 2 N–H and O–H groups in total. The molecule has 2 atom stereocenters. The van der Waals surface area contributed by atoms with E-state index in [-0.39, 0.29) is 11.9 Å². The van der Waals surface area contributed by atoms with Gasteiger partial charge in [-0.1, -0.05) is 116 Å². The predicted octanol–water partition coefficient (Wildman–Crippen LogP) is 6.60. The summed E-state index contributed by atoms with van der Waals surface area (Å²) in [6.45, 7) is 6.17. The number of hydrogen-bond donors (Lipinski definition) is 2. The summed E-state index contributed by atoms with van der Waals surface area (Å²) in [6, 6.07) is 0.0316. The summed E-state index contributed by atoms with van der Waals surface area (Å²) in [5, 5.41) is 13.1. The Hall–Kier alpha value is -2.91. The molecule has 0 aromatic heterocycles. The third kappa shape index (κ3) is 15.0. The zero-order valence-corrected chi connectivity index (χ0v) is 19.8. The SMILES string of the molecule is CCCC=CC=CCC1CC=CC=C(C)C=CC=CC(O)CC=C(C)C=CC=CC(=O)N1. The van der Waals surface area contributed by atoms with Crippen LogP contribution in [0, 0.1) is 0 Å². The minimum Gasteiger partial charge on any atom is -0.389 e. The van der Waals surface area contributed by atoms with Crippen LogP contribution in [0.25, 0.3) is 0 Å². The van der Waals surface area contributed by atoms with Crippen LogP contribution in [0.4, 0.5) is 0 Å². The van der Waals surface area contributed by atoms with E-state index < -0.39 is 6.10 Å². The minimum absolute atomic E-state index is 0.0316. The average molecular weight is 434 g/mol. The second-order valence-corrected chi connectivity index (χ2v) is 7.87. The number of amides is 1. The van der Waals surface area contributed by atoms with Gasteiger partial charge in [0.2, 0.25) is 5.91 Å². The number of carbonyl (C=O) groups is 1. The first-order chi connectivity index (χ1) is 15.5. The fourth-order valence-corrected chi connectivity index (χ4v) is 2.85. The number of aliphatic hydroxyl groups is 1. The summed E-state index contributed by atoms with van der Waals surface area (Å²) in [7, 11) is 0. The lowest BCUT2D eigenvalue weighted by molar-refractivity contribution is -0.117. The maximum Gasteiger partial charge on any atom is 0.244 e. The highest BCUT2D eigenvalue weighted by molar-refractivity contribution is 5.88. The highest BCUT2D eigenvalue weighted by atomic mass is 16.3. The Morgan fingerprint density at radius 2 is 1.69 bits per heavy atom. The highest BCUT2D eigenvalue weighted by Crippen LogP contribution is 2.06. The van der Waals surface area contributed by atoms with E-state index >= 15 is 0 Å². The summed E-state index contributed by atoms with van der Waals surface area (Å²) < 4.78 is 0. The summed E-state index contributed by atoms with van der Waals surface area (Å²) in [4.78, 5) is 12.4. The molecule has 1 heterocycles. The maximum absolute atomic E-state index is 12.4. The van der Waals surface area contributed by atoms with E-state index in [9.17, 15) is 9.90 Å². The zero-order chi connectivity index (χ0) is 23.4. The van der Waals surface area contributed by atoms with Crippen LogP contribution in [0.3, 0.4) is 0 Å². The van der Waals surface area contributed by atoms with Crippen molar-refractivity contribution in [2.75, 3.05) is 0 Å². The largest absolute Gasteiger partial charge is 0.389 e. The summed E-state index contributed by atoms with van der Waals surface area (Å²) in [5.41, 5.74) is 2.15. The molecule has 0 aromatic carbocycles. The molecule has 3 heteroatoms. The molecule has 0 bridgehead atoms. The summed E-state index contributed by atoms with van der Waals surface area (Å²) >= 11 is 0. The van der Waals surface area contributed by atoms with Crippen LogP contribution in [0.1, 0.15) is 52.9 Å². The molecule has 0 fully saturated rings. The normalized spacial score (nSPS) is 21.7. The van der Waals surface area contributed by atoms with E-state index in [1.807, 2.05) is 62.5 Å². The fourth-order valence-electron chi connectivity index (χ4n) is 2.85. The van der Waals surface area contributed by atoms with Crippen LogP contribution in [-0.2, 0) is 4.79 Å². The van der Waals surface area contributed by atoms with Crippen LogP contribution in [0.5, 0.6) is 0 Å². The van der Waals surface area contributed by atoms with E-state index in [0.29, 0.717) is 6.42 Å². The van der Waals surface area contributed by atoms with Gasteiger partial charge in [-0.15, -0.1) is 0 Å². The molecule has 0 aliphatic carbocycles. The first-order valence-electron chi connectivity index (χ1n) is 11.5. The fraction of sp³-hybridized carbons (Fsp3) is 0.345. The van der Waals surface area contributed by atoms with E-state index in [2.05, 4.69) is 42.6 Å². The Labute approximate surface area is 194 Å². The van der Waals surface area contributed by atoms with Crippen LogP contribution < -0.4 is 5.32 Å². The lowest BCUT2D eigenvalue weighted by Crippen LogP contribution is -2.32. The molecule has 1 aliphatic heterocycles. The van der Waals surface area contributed by atoms with Crippen molar-refractivity contribution in [1.82, 2.24) is 5.32 Å². The minimum atomic E-state index is -0.521. The molecule has 0 spiro atoms. The van der Waals surface area contributed by atoms with Crippen molar-refractivity contribution < 1.29 is 9.90 Å². The van der Waals surface area contributed by atoms with Gasteiger partial charge >= 0.3 is 0 Å². The third-order valence-corrected chi connectivity index (χ3v) is 4.72. The molecule has 32 heavy (non-hydrogen) atoms. The average Bonchev–Trinajstić information content (AvgIpc) is 2.77. The molecule has 0 radical (unpaired) electrons. The molecule has 2 unspecified atom stereocenters. The maximum atomic E-state index is 12.4. The second-order valence-electron chi connectivity index (χ2n) is 7.87. The van der Waals surface area contributed by atoms with Gasteiger partial charge in [-0.05, 0) is 39.5 Å². The van der Waals surface area contributed by atoms with Crippen molar-refractivity contribution >= 4 is 5.91 Å². The number of hydrogen-bond acceptors (Lipinski definition) is 2. The molecular weight excluding hydrogens is 394 g/mol. The van der Waals surface area contributed by atoms with Crippen molar-refractivity contribution in [2.24, 2.45) is 0 Å². The van der Waals surface area contributed by atoms with Crippen molar-refractivity contribution in [1.29, 1.82) is 0 Å². The Balaban J connectivity index is 2.93. The van der Waals surface area contributed by atoms with Gasteiger partial charge in [-0.25, -0.2) is 0 Å². The molecule has 0 saturated heterocycles. The number of carbonyl (C=O) groups excluding carboxylic acids is 1. The number of aliphatic hydroxyl groups excluding tert-OH is 1. The Morgan fingerprint density at radius 1 is 0.969 bits per heavy atom. The van der Waals surface area contributed by atoms with E-state index in [1.165, 1.54) is 0 Å². The molecule has 1 aliphatic rings. The zero-order valence-electron chi connectivity index (χ0n) is 19.8. The van der Waals surface area contributed by atoms with Gasteiger partial charge in [0.1, 0.15) is 0 Å². The van der Waals surface area contributed by atoms with Gasteiger partial charge in [0, 0.05) is 12.1 Å². The molecule has 1 rings (SSSR count). The van der Waals surface area contributed by atoms with Gasteiger partial charge in [-0.2, -0.15) is 0 Å². The van der Waals surface area contributed by atoms with Crippen LogP contribution in [-0.4, -0.2) is 23.2 Å². The van der Waals surface area contributed by atoms with Gasteiger partial charge < -0.3 is 10.4 Å². The molecular formula is C29H39NO2.